The van der Waals surface area contributed by atoms with Crippen LogP contribution in [-0.4, -0.2) is 17.5 Å². The summed E-state index contributed by atoms with van der Waals surface area (Å²) in [6.07, 6.45) is 4.51. The van der Waals surface area contributed by atoms with Crippen LogP contribution < -0.4 is 4.74 Å². The molecule has 0 saturated carbocycles. The minimum Gasteiger partial charge on any atom is -0.491 e. The molecule has 0 atom stereocenters. The van der Waals surface area contributed by atoms with Crippen molar-refractivity contribution < 1.29 is 4.74 Å². The molecule has 1 aromatic heterocycles. The predicted molar refractivity (Wildman–Crippen MR) is 81.2 cm³/mol. The van der Waals surface area contributed by atoms with Gasteiger partial charge in [0, 0.05) is 17.0 Å². The number of pyridine rings is 1. The number of fused-ring (bicyclic) bond motifs is 1. The Labute approximate surface area is 119 Å². The number of nitrogens with zero attached hydrogens (tertiary/aromatic N) is 1. The van der Waals surface area contributed by atoms with Crippen molar-refractivity contribution in [1.82, 2.24) is 4.98 Å². The first-order valence-electron chi connectivity index (χ1n) is 6.86. The van der Waals surface area contributed by atoms with Gasteiger partial charge in [0.15, 0.2) is 0 Å². The molecule has 2 aromatic rings. The largest absolute Gasteiger partial charge is 0.491 e. The molecule has 0 spiro atoms. The van der Waals surface area contributed by atoms with E-state index in [1.807, 2.05) is 25.1 Å². The fraction of sp³-hybridized carbons (Fsp3) is 0.438. The first-order chi connectivity index (χ1) is 9.31. The number of unbranched alkanes of at least 4 members (excludes halogenated alkanes) is 3. The summed E-state index contributed by atoms with van der Waals surface area (Å²) < 4.78 is 5.86. The van der Waals surface area contributed by atoms with Gasteiger partial charge in [-0.3, -0.25) is 0 Å². The highest BCUT2D eigenvalue weighted by Gasteiger charge is 2.03. The molecule has 19 heavy (non-hydrogen) atoms. The summed E-state index contributed by atoms with van der Waals surface area (Å²) >= 11 is 5.65. The van der Waals surface area contributed by atoms with Gasteiger partial charge < -0.3 is 4.74 Å². The molecule has 2 rings (SSSR count). The Morgan fingerprint density at radius 1 is 1.05 bits per heavy atom. The van der Waals surface area contributed by atoms with Gasteiger partial charge in [0.1, 0.15) is 11.3 Å². The van der Waals surface area contributed by atoms with E-state index >= 15 is 0 Å². The molecule has 0 fully saturated rings. The molecule has 102 valence electrons. The van der Waals surface area contributed by atoms with Crippen molar-refractivity contribution in [3.63, 3.8) is 0 Å². The van der Waals surface area contributed by atoms with Crippen molar-refractivity contribution in [3.8, 4) is 5.75 Å². The molecular formula is C16H20ClNO. The lowest BCUT2D eigenvalue weighted by atomic mass is 10.2. The van der Waals surface area contributed by atoms with Crippen LogP contribution in [0.4, 0.5) is 0 Å². The summed E-state index contributed by atoms with van der Waals surface area (Å²) in [5.74, 6) is 1.64. The van der Waals surface area contributed by atoms with Crippen molar-refractivity contribution in [2.75, 3.05) is 12.5 Å². The molecule has 0 radical (unpaired) electrons. The van der Waals surface area contributed by atoms with E-state index < -0.39 is 0 Å². The quantitative estimate of drug-likeness (QED) is 0.540. The lowest BCUT2D eigenvalue weighted by Crippen LogP contribution is -1.99. The third kappa shape index (κ3) is 4.10. The van der Waals surface area contributed by atoms with Crippen molar-refractivity contribution >= 4 is 22.5 Å². The van der Waals surface area contributed by atoms with Crippen LogP contribution >= 0.6 is 11.6 Å². The Bertz CT molecular complexity index is 527. The molecule has 1 heterocycles. The van der Waals surface area contributed by atoms with Crippen LogP contribution in [0.25, 0.3) is 10.9 Å². The van der Waals surface area contributed by atoms with Gasteiger partial charge >= 0.3 is 0 Å². The minimum atomic E-state index is 0.747. The minimum absolute atomic E-state index is 0.747. The maximum atomic E-state index is 5.86. The van der Waals surface area contributed by atoms with E-state index in [0.29, 0.717) is 0 Å². The molecule has 3 heteroatoms. The number of benzene rings is 1. The van der Waals surface area contributed by atoms with Crippen molar-refractivity contribution in [2.45, 2.75) is 32.6 Å². The zero-order valence-electron chi connectivity index (χ0n) is 11.4. The first kappa shape index (κ1) is 14.1. The van der Waals surface area contributed by atoms with Gasteiger partial charge in [0.2, 0.25) is 0 Å². The average molecular weight is 278 g/mol. The molecule has 0 aliphatic rings. The van der Waals surface area contributed by atoms with E-state index in [2.05, 4.69) is 17.1 Å². The maximum absolute atomic E-state index is 5.86. The highest BCUT2D eigenvalue weighted by Crippen LogP contribution is 2.24. The van der Waals surface area contributed by atoms with Crippen LogP contribution in [0.3, 0.4) is 0 Å². The molecule has 0 aliphatic heterocycles. The zero-order valence-corrected chi connectivity index (χ0v) is 12.1. The van der Waals surface area contributed by atoms with Gasteiger partial charge in [-0.2, -0.15) is 0 Å². The summed E-state index contributed by atoms with van der Waals surface area (Å²) in [6, 6.07) is 10.2. The lowest BCUT2D eigenvalue weighted by molar-refractivity contribution is 0.308. The summed E-state index contributed by atoms with van der Waals surface area (Å²) in [7, 11) is 0. The number of para-hydroxylation sites is 1. The Morgan fingerprint density at radius 2 is 1.89 bits per heavy atom. The number of ether oxygens (including phenoxy) is 1. The maximum Gasteiger partial charge on any atom is 0.145 e. The number of alkyl halides is 1. The second-order valence-electron chi connectivity index (χ2n) is 4.73. The SMILES string of the molecule is Cc1ccc2cccc(OCCCCCCCl)c2n1. The van der Waals surface area contributed by atoms with Gasteiger partial charge in [-0.1, -0.05) is 31.0 Å². The van der Waals surface area contributed by atoms with E-state index in [1.54, 1.807) is 0 Å². The summed E-state index contributed by atoms with van der Waals surface area (Å²) in [6.45, 7) is 2.75. The van der Waals surface area contributed by atoms with Crippen LogP contribution in [0, 0.1) is 6.92 Å². The van der Waals surface area contributed by atoms with Gasteiger partial charge in [0.05, 0.1) is 6.61 Å². The predicted octanol–water partition coefficient (Wildman–Crippen LogP) is 4.72. The van der Waals surface area contributed by atoms with Gasteiger partial charge in [-0.25, -0.2) is 4.98 Å². The number of aryl methyl sites for hydroxylation is 1. The third-order valence-electron chi connectivity index (χ3n) is 3.11. The van der Waals surface area contributed by atoms with Crippen molar-refractivity contribution in [3.05, 3.63) is 36.0 Å². The smallest absolute Gasteiger partial charge is 0.145 e. The zero-order chi connectivity index (χ0) is 13.5. The first-order valence-corrected chi connectivity index (χ1v) is 7.40. The number of halogens is 1. The molecule has 1 aromatic carbocycles. The number of rotatable bonds is 7. The number of hydrogen-bond donors (Lipinski definition) is 0. The standard InChI is InChI=1S/C16H20ClNO/c1-13-9-10-14-7-6-8-15(16(14)18-13)19-12-5-3-2-4-11-17/h6-10H,2-5,11-12H2,1H3. The Morgan fingerprint density at radius 3 is 2.74 bits per heavy atom. The van der Waals surface area contributed by atoms with E-state index in [0.717, 1.165) is 47.7 Å². The Balaban J connectivity index is 1.95. The Kier molecular flexibility index (Phi) is 5.46. The lowest BCUT2D eigenvalue weighted by Gasteiger charge is -2.09. The van der Waals surface area contributed by atoms with Gasteiger partial charge in [0.25, 0.3) is 0 Å². The van der Waals surface area contributed by atoms with Crippen LogP contribution in [0.15, 0.2) is 30.3 Å². The fourth-order valence-electron chi connectivity index (χ4n) is 2.07. The van der Waals surface area contributed by atoms with Crippen LogP contribution in [0.5, 0.6) is 5.75 Å². The summed E-state index contributed by atoms with van der Waals surface area (Å²) in [5.41, 5.74) is 1.98. The van der Waals surface area contributed by atoms with Crippen LogP contribution in [-0.2, 0) is 0 Å². The fourth-order valence-corrected chi connectivity index (χ4v) is 2.26. The summed E-state index contributed by atoms with van der Waals surface area (Å²) in [4.78, 5) is 4.56. The topological polar surface area (TPSA) is 22.1 Å². The number of hydrogen-bond acceptors (Lipinski definition) is 2. The summed E-state index contributed by atoms with van der Waals surface area (Å²) in [5, 5.41) is 1.13. The van der Waals surface area contributed by atoms with Gasteiger partial charge in [-0.05, 0) is 31.9 Å². The van der Waals surface area contributed by atoms with E-state index in [4.69, 9.17) is 16.3 Å². The van der Waals surface area contributed by atoms with Crippen LogP contribution in [0.1, 0.15) is 31.4 Å². The second kappa shape index (κ2) is 7.34. The number of aromatic nitrogens is 1. The van der Waals surface area contributed by atoms with Crippen molar-refractivity contribution in [2.24, 2.45) is 0 Å². The molecule has 0 unspecified atom stereocenters. The highest BCUT2D eigenvalue weighted by molar-refractivity contribution is 6.17. The molecule has 0 aliphatic carbocycles. The van der Waals surface area contributed by atoms with Gasteiger partial charge in [-0.15, -0.1) is 11.6 Å². The molecular weight excluding hydrogens is 258 g/mol. The van der Waals surface area contributed by atoms with E-state index in [1.165, 1.54) is 12.8 Å². The highest BCUT2D eigenvalue weighted by atomic mass is 35.5. The van der Waals surface area contributed by atoms with Crippen molar-refractivity contribution in [1.29, 1.82) is 0 Å². The molecule has 0 saturated heterocycles. The van der Waals surface area contributed by atoms with Crippen LogP contribution in [0.2, 0.25) is 0 Å². The van der Waals surface area contributed by atoms with E-state index in [-0.39, 0.29) is 0 Å². The molecule has 0 N–H and O–H groups in total. The average Bonchev–Trinajstić information content (AvgIpc) is 2.43. The van der Waals surface area contributed by atoms with E-state index in [9.17, 15) is 0 Å². The molecule has 0 amide bonds. The third-order valence-corrected chi connectivity index (χ3v) is 3.38. The monoisotopic (exact) mass is 277 g/mol. The Hall–Kier alpha value is -1.28. The second-order valence-corrected chi connectivity index (χ2v) is 5.11. The normalized spacial score (nSPS) is 10.8. The molecule has 2 nitrogen and oxygen atoms in total. The molecule has 0 bridgehead atoms.